The average molecular weight is 527 g/mol. The van der Waals surface area contributed by atoms with E-state index in [4.69, 9.17) is 0 Å². The van der Waals surface area contributed by atoms with Gasteiger partial charge in [0.15, 0.2) is 5.96 Å². The van der Waals surface area contributed by atoms with Gasteiger partial charge in [-0.3, -0.25) is 9.79 Å². The van der Waals surface area contributed by atoms with Crippen molar-refractivity contribution in [2.75, 3.05) is 33.2 Å². The van der Waals surface area contributed by atoms with E-state index in [1.54, 1.807) is 0 Å². The molecule has 1 amide bonds. The maximum absolute atomic E-state index is 12.3. The summed E-state index contributed by atoms with van der Waals surface area (Å²) in [6, 6.07) is 10.4. The quantitative estimate of drug-likeness (QED) is 0.208. The van der Waals surface area contributed by atoms with Crippen LogP contribution in [0.2, 0.25) is 0 Å². The van der Waals surface area contributed by atoms with Crippen LogP contribution in [0.4, 0.5) is 0 Å². The standard InChI is InChI=1S/C24H38N4O.HI/c1-25-24(26-15-8-7-13-20-11-5-6-12-20)27-18-22-17-23(29)28(19-22)16-14-21-9-3-2-4-10-21;/h2-4,9-10,20,22H,5-8,11-19H2,1H3,(H2,25,26,27);1H. The van der Waals surface area contributed by atoms with Gasteiger partial charge in [-0.25, -0.2) is 0 Å². The highest BCUT2D eigenvalue weighted by molar-refractivity contribution is 14.0. The van der Waals surface area contributed by atoms with E-state index >= 15 is 0 Å². The van der Waals surface area contributed by atoms with Gasteiger partial charge in [0.25, 0.3) is 0 Å². The number of amides is 1. The van der Waals surface area contributed by atoms with Gasteiger partial charge in [0, 0.05) is 45.6 Å². The number of benzene rings is 1. The second-order valence-electron chi connectivity index (χ2n) is 8.67. The zero-order chi connectivity index (χ0) is 20.3. The van der Waals surface area contributed by atoms with Crippen LogP contribution in [-0.4, -0.2) is 50.0 Å². The lowest BCUT2D eigenvalue weighted by Crippen LogP contribution is -2.40. The molecule has 1 aromatic rings. The van der Waals surface area contributed by atoms with Crippen LogP contribution in [0.25, 0.3) is 0 Å². The lowest BCUT2D eigenvalue weighted by molar-refractivity contribution is -0.127. The number of unbranched alkanes of at least 4 members (excludes halogenated alkanes) is 1. The third kappa shape index (κ3) is 8.44. The van der Waals surface area contributed by atoms with E-state index in [2.05, 4.69) is 39.9 Å². The van der Waals surface area contributed by atoms with Crippen molar-refractivity contribution in [2.45, 2.75) is 57.8 Å². The van der Waals surface area contributed by atoms with E-state index in [1.807, 2.05) is 18.0 Å². The number of carbonyl (C=O) groups excluding carboxylic acids is 1. The van der Waals surface area contributed by atoms with Crippen LogP contribution in [0.1, 0.15) is 56.9 Å². The van der Waals surface area contributed by atoms with Gasteiger partial charge in [0.05, 0.1) is 0 Å². The van der Waals surface area contributed by atoms with Crippen molar-refractivity contribution in [3.05, 3.63) is 35.9 Å². The minimum atomic E-state index is 0. The molecule has 168 valence electrons. The molecule has 1 heterocycles. The van der Waals surface area contributed by atoms with E-state index in [1.165, 1.54) is 50.5 Å². The van der Waals surface area contributed by atoms with E-state index in [0.29, 0.717) is 12.3 Å². The second-order valence-corrected chi connectivity index (χ2v) is 8.67. The molecule has 1 unspecified atom stereocenters. The molecule has 2 N–H and O–H groups in total. The van der Waals surface area contributed by atoms with Gasteiger partial charge in [-0.2, -0.15) is 0 Å². The molecule has 0 aromatic heterocycles. The van der Waals surface area contributed by atoms with Crippen LogP contribution in [-0.2, 0) is 11.2 Å². The van der Waals surface area contributed by atoms with Gasteiger partial charge in [-0.1, -0.05) is 68.9 Å². The number of rotatable bonds is 10. The first-order chi connectivity index (χ1) is 14.2. The first-order valence-corrected chi connectivity index (χ1v) is 11.5. The summed E-state index contributed by atoms with van der Waals surface area (Å²) in [6.45, 7) is 3.43. The van der Waals surface area contributed by atoms with Gasteiger partial charge < -0.3 is 15.5 Å². The Balaban J connectivity index is 0.00000320. The molecule has 6 heteroatoms. The van der Waals surface area contributed by atoms with Crippen molar-refractivity contribution < 1.29 is 4.79 Å². The first kappa shape index (κ1) is 25.0. The van der Waals surface area contributed by atoms with E-state index in [0.717, 1.165) is 44.5 Å². The highest BCUT2D eigenvalue weighted by atomic mass is 127. The smallest absolute Gasteiger partial charge is 0.223 e. The molecule has 1 atom stereocenters. The third-order valence-corrected chi connectivity index (χ3v) is 6.40. The van der Waals surface area contributed by atoms with Crippen LogP contribution in [0.5, 0.6) is 0 Å². The number of nitrogens with zero attached hydrogens (tertiary/aromatic N) is 2. The Morgan fingerprint density at radius 2 is 1.87 bits per heavy atom. The molecular formula is C24H39IN4O. The predicted molar refractivity (Wildman–Crippen MR) is 135 cm³/mol. The summed E-state index contributed by atoms with van der Waals surface area (Å²) < 4.78 is 0. The zero-order valence-electron chi connectivity index (χ0n) is 18.4. The van der Waals surface area contributed by atoms with E-state index in [-0.39, 0.29) is 29.9 Å². The summed E-state index contributed by atoms with van der Waals surface area (Å²) in [5.41, 5.74) is 1.29. The van der Waals surface area contributed by atoms with Crippen LogP contribution < -0.4 is 10.6 Å². The van der Waals surface area contributed by atoms with Gasteiger partial charge >= 0.3 is 0 Å². The summed E-state index contributed by atoms with van der Waals surface area (Å²) in [4.78, 5) is 18.7. The Morgan fingerprint density at radius 1 is 1.10 bits per heavy atom. The summed E-state index contributed by atoms with van der Waals surface area (Å²) in [5, 5.41) is 6.85. The fourth-order valence-electron chi connectivity index (χ4n) is 4.64. The molecule has 1 aliphatic carbocycles. The van der Waals surface area contributed by atoms with Gasteiger partial charge in [0.2, 0.25) is 5.91 Å². The Kier molecular flexibility index (Phi) is 11.6. The Bertz CT molecular complexity index is 646. The molecule has 3 rings (SSSR count). The van der Waals surface area contributed by atoms with Crippen molar-refractivity contribution in [2.24, 2.45) is 16.8 Å². The number of nitrogens with one attached hydrogen (secondary N) is 2. The molecule has 2 aliphatic rings. The van der Waals surface area contributed by atoms with Crippen molar-refractivity contribution in [1.82, 2.24) is 15.5 Å². The van der Waals surface area contributed by atoms with E-state index < -0.39 is 0 Å². The number of likely N-dealkylation sites (tertiary alicyclic amines) is 1. The zero-order valence-corrected chi connectivity index (χ0v) is 20.8. The normalized spacial score (nSPS) is 19.8. The molecule has 0 bridgehead atoms. The Labute approximate surface area is 199 Å². The number of carbonyl (C=O) groups is 1. The molecule has 1 saturated heterocycles. The van der Waals surface area contributed by atoms with Gasteiger partial charge in [-0.15, -0.1) is 24.0 Å². The lowest BCUT2D eigenvalue weighted by Gasteiger charge is -2.18. The maximum atomic E-state index is 12.3. The summed E-state index contributed by atoms with van der Waals surface area (Å²) in [5.74, 6) is 2.49. The predicted octanol–water partition coefficient (Wildman–Crippen LogP) is 4.22. The molecule has 1 aromatic carbocycles. The molecule has 1 saturated carbocycles. The number of halogens is 1. The topological polar surface area (TPSA) is 56.7 Å². The average Bonchev–Trinajstić information content (AvgIpc) is 3.39. The fourth-order valence-corrected chi connectivity index (χ4v) is 4.64. The van der Waals surface area contributed by atoms with Crippen LogP contribution in [0.15, 0.2) is 35.3 Å². The molecule has 5 nitrogen and oxygen atoms in total. The maximum Gasteiger partial charge on any atom is 0.223 e. The fraction of sp³-hybridized carbons (Fsp3) is 0.667. The summed E-state index contributed by atoms with van der Waals surface area (Å²) in [6.07, 6.45) is 11.2. The van der Waals surface area contributed by atoms with Crippen LogP contribution in [0.3, 0.4) is 0 Å². The molecule has 0 radical (unpaired) electrons. The van der Waals surface area contributed by atoms with Crippen molar-refractivity contribution in [3.63, 3.8) is 0 Å². The Morgan fingerprint density at radius 3 is 2.60 bits per heavy atom. The number of hydrogen-bond donors (Lipinski definition) is 2. The van der Waals surface area contributed by atoms with Crippen molar-refractivity contribution >= 4 is 35.8 Å². The minimum absolute atomic E-state index is 0. The highest BCUT2D eigenvalue weighted by Crippen LogP contribution is 2.28. The van der Waals surface area contributed by atoms with Crippen molar-refractivity contribution in [1.29, 1.82) is 0 Å². The molecular weight excluding hydrogens is 487 g/mol. The largest absolute Gasteiger partial charge is 0.356 e. The number of hydrogen-bond acceptors (Lipinski definition) is 2. The first-order valence-electron chi connectivity index (χ1n) is 11.5. The van der Waals surface area contributed by atoms with Crippen LogP contribution in [0, 0.1) is 11.8 Å². The third-order valence-electron chi connectivity index (χ3n) is 6.40. The number of aliphatic imine (C=N–C) groups is 1. The molecule has 0 spiro atoms. The monoisotopic (exact) mass is 526 g/mol. The van der Waals surface area contributed by atoms with E-state index in [9.17, 15) is 4.79 Å². The summed E-state index contributed by atoms with van der Waals surface area (Å²) in [7, 11) is 1.82. The molecule has 2 fully saturated rings. The highest BCUT2D eigenvalue weighted by Gasteiger charge is 2.29. The van der Waals surface area contributed by atoms with Gasteiger partial charge in [-0.05, 0) is 24.3 Å². The minimum Gasteiger partial charge on any atom is -0.356 e. The molecule has 30 heavy (non-hydrogen) atoms. The Hall–Kier alpha value is -1.31. The lowest BCUT2D eigenvalue weighted by atomic mass is 10.0. The van der Waals surface area contributed by atoms with Crippen molar-refractivity contribution in [3.8, 4) is 0 Å². The van der Waals surface area contributed by atoms with Crippen LogP contribution >= 0.6 is 24.0 Å². The second kappa shape index (κ2) is 13.9. The van der Waals surface area contributed by atoms with Gasteiger partial charge in [0.1, 0.15) is 0 Å². The number of guanidine groups is 1. The summed E-state index contributed by atoms with van der Waals surface area (Å²) >= 11 is 0. The molecule has 1 aliphatic heterocycles. The SMILES string of the molecule is CN=C(NCCCCC1CCCC1)NCC1CC(=O)N(CCc2ccccc2)C1.I.